The molecule has 0 atom stereocenters. The first-order valence-electron chi connectivity index (χ1n) is 6.11. The standard InChI is InChI=1S/C14H18BrN3/c1-10(2)9-17-14-16-6-7-18(14)12-5-4-11(3)13(15)8-12/h4-8,10H,9H2,1-3H3,(H,16,17). The lowest BCUT2D eigenvalue weighted by atomic mass is 10.2. The van der Waals surface area contributed by atoms with E-state index in [1.165, 1.54) is 5.56 Å². The van der Waals surface area contributed by atoms with Crippen molar-refractivity contribution in [3.05, 3.63) is 40.6 Å². The van der Waals surface area contributed by atoms with Gasteiger partial charge in [0.25, 0.3) is 0 Å². The zero-order chi connectivity index (χ0) is 13.1. The van der Waals surface area contributed by atoms with Crippen LogP contribution in [0.2, 0.25) is 0 Å². The summed E-state index contributed by atoms with van der Waals surface area (Å²) in [7, 11) is 0. The second kappa shape index (κ2) is 5.57. The molecule has 0 saturated carbocycles. The van der Waals surface area contributed by atoms with Crippen molar-refractivity contribution >= 4 is 21.9 Å². The minimum atomic E-state index is 0.597. The maximum Gasteiger partial charge on any atom is 0.207 e. The van der Waals surface area contributed by atoms with Crippen LogP contribution >= 0.6 is 15.9 Å². The molecule has 0 aliphatic carbocycles. The minimum Gasteiger partial charge on any atom is -0.355 e. The van der Waals surface area contributed by atoms with Crippen LogP contribution in [0, 0.1) is 12.8 Å². The Balaban J connectivity index is 2.27. The SMILES string of the molecule is Cc1ccc(-n2ccnc2NCC(C)C)cc1Br. The van der Waals surface area contributed by atoms with Crippen LogP contribution in [0.5, 0.6) is 0 Å². The van der Waals surface area contributed by atoms with E-state index in [4.69, 9.17) is 0 Å². The summed E-state index contributed by atoms with van der Waals surface area (Å²) in [5.74, 6) is 1.49. The fourth-order valence-corrected chi connectivity index (χ4v) is 2.04. The molecule has 2 aromatic rings. The molecule has 96 valence electrons. The van der Waals surface area contributed by atoms with Gasteiger partial charge in [-0.1, -0.05) is 35.8 Å². The molecule has 3 nitrogen and oxygen atoms in total. The summed E-state index contributed by atoms with van der Waals surface area (Å²) in [5, 5.41) is 3.36. The van der Waals surface area contributed by atoms with Crippen LogP contribution in [0.3, 0.4) is 0 Å². The van der Waals surface area contributed by atoms with Gasteiger partial charge in [0, 0.05) is 29.1 Å². The van der Waals surface area contributed by atoms with E-state index in [0.29, 0.717) is 5.92 Å². The van der Waals surface area contributed by atoms with Crippen LogP contribution in [-0.2, 0) is 0 Å². The predicted molar refractivity (Wildman–Crippen MR) is 79.3 cm³/mol. The Morgan fingerprint density at radius 2 is 2.17 bits per heavy atom. The van der Waals surface area contributed by atoms with Crippen LogP contribution < -0.4 is 5.32 Å². The lowest BCUT2D eigenvalue weighted by molar-refractivity contribution is 0.683. The van der Waals surface area contributed by atoms with Crippen molar-refractivity contribution < 1.29 is 0 Å². The molecule has 0 saturated heterocycles. The first kappa shape index (κ1) is 13.1. The van der Waals surface area contributed by atoms with E-state index in [-0.39, 0.29) is 0 Å². The van der Waals surface area contributed by atoms with Gasteiger partial charge in [-0.15, -0.1) is 0 Å². The Morgan fingerprint density at radius 3 is 2.83 bits per heavy atom. The fourth-order valence-electron chi connectivity index (χ4n) is 1.67. The summed E-state index contributed by atoms with van der Waals surface area (Å²) in [4.78, 5) is 4.35. The molecule has 1 N–H and O–H groups in total. The van der Waals surface area contributed by atoms with Crippen LogP contribution in [0.25, 0.3) is 5.69 Å². The highest BCUT2D eigenvalue weighted by molar-refractivity contribution is 9.10. The highest BCUT2D eigenvalue weighted by Crippen LogP contribution is 2.22. The molecule has 0 aliphatic rings. The molecule has 1 heterocycles. The average Bonchev–Trinajstić information content (AvgIpc) is 2.78. The molecule has 0 fully saturated rings. The lowest BCUT2D eigenvalue weighted by Crippen LogP contribution is -2.12. The number of benzene rings is 1. The van der Waals surface area contributed by atoms with Crippen LogP contribution in [0.4, 0.5) is 5.95 Å². The maximum absolute atomic E-state index is 4.35. The lowest BCUT2D eigenvalue weighted by Gasteiger charge is -2.12. The largest absolute Gasteiger partial charge is 0.355 e. The molecule has 2 rings (SSSR count). The highest BCUT2D eigenvalue weighted by atomic mass is 79.9. The van der Waals surface area contributed by atoms with Crippen molar-refractivity contribution in [1.29, 1.82) is 0 Å². The van der Waals surface area contributed by atoms with E-state index in [2.05, 4.69) is 69.8 Å². The fraction of sp³-hybridized carbons (Fsp3) is 0.357. The van der Waals surface area contributed by atoms with Crippen molar-refractivity contribution in [3.8, 4) is 5.69 Å². The Bertz CT molecular complexity index is 532. The maximum atomic E-state index is 4.35. The molecule has 0 amide bonds. The van der Waals surface area contributed by atoms with Crippen LogP contribution in [0.15, 0.2) is 35.1 Å². The van der Waals surface area contributed by atoms with Gasteiger partial charge >= 0.3 is 0 Å². The monoisotopic (exact) mass is 307 g/mol. The van der Waals surface area contributed by atoms with Gasteiger partial charge in [0.15, 0.2) is 0 Å². The molecule has 0 bridgehead atoms. The molecule has 1 aromatic carbocycles. The van der Waals surface area contributed by atoms with Crippen molar-refractivity contribution in [2.24, 2.45) is 5.92 Å². The Hall–Kier alpha value is -1.29. The third kappa shape index (κ3) is 2.93. The van der Waals surface area contributed by atoms with E-state index in [1.807, 2.05) is 12.4 Å². The molecule has 4 heteroatoms. The van der Waals surface area contributed by atoms with Crippen LogP contribution in [0.1, 0.15) is 19.4 Å². The number of rotatable bonds is 4. The van der Waals surface area contributed by atoms with E-state index in [9.17, 15) is 0 Å². The normalized spacial score (nSPS) is 10.9. The van der Waals surface area contributed by atoms with Crippen molar-refractivity contribution in [1.82, 2.24) is 9.55 Å². The van der Waals surface area contributed by atoms with Gasteiger partial charge in [0.2, 0.25) is 5.95 Å². The second-order valence-electron chi connectivity index (χ2n) is 4.83. The van der Waals surface area contributed by atoms with Crippen LogP contribution in [-0.4, -0.2) is 16.1 Å². The third-order valence-electron chi connectivity index (χ3n) is 2.74. The Morgan fingerprint density at radius 1 is 1.39 bits per heavy atom. The molecule has 0 aliphatic heterocycles. The summed E-state index contributed by atoms with van der Waals surface area (Å²) < 4.78 is 3.18. The molecular formula is C14H18BrN3. The van der Waals surface area contributed by atoms with E-state index >= 15 is 0 Å². The number of imidazole rings is 1. The van der Waals surface area contributed by atoms with E-state index < -0.39 is 0 Å². The van der Waals surface area contributed by atoms with Crippen molar-refractivity contribution in [2.75, 3.05) is 11.9 Å². The zero-order valence-electron chi connectivity index (χ0n) is 10.9. The van der Waals surface area contributed by atoms with Gasteiger partial charge in [-0.2, -0.15) is 0 Å². The zero-order valence-corrected chi connectivity index (χ0v) is 12.5. The van der Waals surface area contributed by atoms with Crippen molar-refractivity contribution in [2.45, 2.75) is 20.8 Å². The summed E-state index contributed by atoms with van der Waals surface area (Å²) in [6.45, 7) is 7.37. The highest BCUT2D eigenvalue weighted by Gasteiger charge is 2.06. The molecule has 1 aromatic heterocycles. The van der Waals surface area contributed by atoms with Crippen molar-refractivity contribution in [3.63, 3.8) is 0 Å². The third-order valence-corrected chi connectivity index (χ3v) is 3.60. The second-order valence-corrected chi connectivity index (χ2v) is 5.68. The number of anilines is 1. The van der Waals surface area contributed by atoms with Gasteiger partial charge in [0.1, 0.15) is 0 Å². The van der Waals surface area contributed by atoms with Gasteiger partial charge in [-0.25, -0.2) is 4.98 Å². The number of aryl methyl sites for hydroxylation is 1. The van der Waals surface area contributed by atoms with E-state index in [0.717, 1.165) is 22.7 Å². The first-order valence-corrected chi connectivity index (χ1v) is 6.91. The molecule has 0 spiro atoms. The number of hydrogen-bond donors (Lipinski definition) is 1. The topological polar surface area (TPSA) is 29.9 Å². The quantitative estimate of drug-likeness (QED) is 0.925. The number of aromatic nitrogens is 2. The van der Waals surface area contributed by atoms with Gasteiger partial charge in [-0.3, -0.25) is 4.57 Å². The van der Waals surface area contributed by atoms with Gasteiger partial charge < -0.3 is 5.32 Å². The summed E-state index contributed by atoms with van der Waals surface area (Å²) in [5.41, 5.74) is 2.34. The molecular weight excluding hydrogens is 290 g/mol. The summed E-state index contributed by atoms with van der Waals surface area (Å²) in [6, 6.07) is 6.31. The molecule has 0 unspecified atom stereocenters. The first-order chi connectivity index (χ1) is 8.58. The average molecular weight is 308 g/mol. The molecule has 0 radical (unpaired) electrons. The Labute approximate surface area is 116 Å². The number of nitrogens with one attached hydrogen (secondary N) is 1. The number of halogens is 1. The summed E-state index contributed by atoms with van der Waals surface area (Å²) >= 11 is 3.56. The molecule has 18 heavy (non-hydrogen) atoms. The van der Waals surface area contributed by atoms with Gasteiger partial charge in [-0.05, 0) is 30.5 Å². The van der Waals surface area contributed by atoms with Gasteiger partial charge in [0.05, 0.1) is 0 Å². The minimum absolute atomic E-state index is 0.597. The number of nitrogens with zero attached hydrogens (tertiary/aromatic N) is 2. The smallest absolute Gasteiger partial charge is 0.207 e. The Kier molecular flexibility index (Phi) is 4.07. The van der Waals surface area contributed by atoms with E-state index in [1.54, 1.807) is 0 Å². The predicted octanol–water partition coefficient (Wildman–Crippen LogP) is 4.01. The summed E-state index contributed by atoms with van der Waals surface area (Å²) in [6.07, 6.45) is 3.79. The number of hydrogen-bond acceptors (Lipinski definition) is 2.